The van der Waals surface area contributed by atoms with Gasteiger partial charge in [-0.2, -0.15) is 13.2 Å². The van der Waals surface area contributed by atoms with Gasteiger partial charge in [-0.3, -0.25) is 4.99 Å². The summed E-state index contributed by atoms with van der Waals surface area (Å²) >= 11 is 0. The van der Waals surface area contributed by atoms with Crippen LogP contribution in [0.3, 0.4) is 0 Å². The molecule has 0 amide bonds. The standard InChI is InChI=1S/C20H22F5N3O.HI/c1-26-19(27-10-9-16-17(21)3-2-4-18(16)22)28-11-14-5-7-15(8-6-14)12-29-13-20(23,24)25;/h2-8H,9-13H2,1H3,(H2,26,27,28);1H. The highest BCUT2D eigenvalue weighted by Crippen LogP contribution is 2.16. The van der Waals surface area contributed by atoms with E-state index in [2.05, 4.69) is 20.4 Å². The minimum Gasteiger partial charge on any atom is -0.367 e. The number of ether oxygens (including phenoxy) is 1. The highest BCUT2D eigenvalue weighted by atomic mass is 127. The molecule has 0 bridgehead atoms. The number of aliphatic imine (C=N–C) groups is 1. The van der Waals surface area contributed by atoms with Gasteiger partial charge < -0.3 is 15.4 Å². The highest BCUT2D eigenvalue weighted by Gasteiger charge is 2.27. The predicted molar refractivity (Wildman–Crippen MR) is 116 cm³/mol. The van der Waals surface area contributed by atoms with E-state index in [0.29, 0.717) is 18.1 Å². The van der Waals surface area contributed by atoms with Gasteiger partial charge in [-0.05, 0) is 29.7 Å². The van der Waals surface area contributed by atoms with Gasteiger partial charge in [0.25, 0.3) is 0 Å². The molecule has 4 nitrogen and oxygen atoms in total. The number of benzene rings is 2. The van der Waals surface area contributed by atoms with E-state index in [1.54, 1.807) is 31.3 Å². The minimum atomic E-state index is -4.34. The number of halogens is 6. The Bertz CT molecular complexity index is 793. The molecule has 0 saturated carbocycles. The Kier molecular flexibility index (Phi) is 11.0. The average Bonchev–Trinajstić information content (AvgIpc) is 2.66. The Hall–Kier alpha value is -1.95. The van der Waals surface area contributed by atoms with E-state index < -0.39 is 24.4 Å². The van der Waals surface area contributed by atoms with Crippen molar-refractivity contribution in [3.8, 4) is 0 Å². The monoisotopic (exact) mass is 543 g/mol. The van der Waals surface area contributed by atoms with Crippen molar-refractivity contribution in [2.75, 3.05) is 20.2 Å². The first kappa shape index (κ1) is 26.1. The molecule has 0 aromatic heterocycles. The van der Waals surface area contributed by atoms with Crippen molar-refractivity contribution in [1.82, 2.24) is 10.6 Å². The SMILES string of the molecule is CN=C(NCCc1c(F)cccc1F)NCc1ccc(COCC(F)(F)F)cc1.I. The Morgan fingerprint density at radius 3 is 2.13 bits per heavy atom. The Labute approximate surface area is 188 Å². The smallest absolute Gasteiger partial charge is 0.367 e. The molecule has 0 aliphatic rings. The third-order valence-electron chi connectivity index (χ3n) is 3.97. The Morgan fingerprint density at radius 2 is 1.57 bits per heavy atom. The van der Waals surface area contributed by atoms with Crippen LogP contribution >= 0.6 is 24.0 Å². The lowest BCUT2D eigenvalue weighted by atomic mass is 10.1. The maximum Gasteiger partial charge on any atom is 0.411 e. The molecule has 0 fully saturated rings. The molecule has 0 atom stereocenters. The maximum atomic E-state index is 13.6. The average molecular weight is 543 g/mol. The minimum absolute atomic E-state index is 0. The highest BCUT2D eigenvalue weighted by molar-refractivity contribution is 14.0. The lowest BCUT2D eigenvalue weighted by molar-refractivity contribution is -0.176. The Balaban J connectivity index is 0.00000450. The quantitative estimate of drug-likeness (QED) is 0.222. The summed E-state index contributed by atoms with van der Waals surface area (Å²) in [7, 11) is 1.57. The maximum absolute atomic E-state index is 13.6. The van der Waals surface area contributed by atoms with Crippen LogP contribution < -0.4 is 10.6 Å². The summed E-state index contributed by atoms with van der Waals surface area (Å²) in [4.78, 5) is 4.04. The van der Waals surface area contributed by atoms with Gasteiger partial charge in [0.1, 0.15) is 18.2 Å². The molecule has 2 N–H and O–H groups in total. The second-order valence-corrected chi connectivity index (χ2v) is 6.23. The topological polar surface area (TPSA) is 45.7 Å². The summed E-state index contributed by atoms with van der Waals surface area (Å²) in [5.74, 6) is -0.720. The van der Waals surface area contributed by atoms with Crippen molar-refractivity contribution in [1.29, 1.82) is 0 Å². The van der Waals surface area contributed by atoms with Crippen LogP contribution in [0.15, 0.2) is 47.5 Å². The summed E-state index contributed by atoms with van der Waals surface area (Å²) in [6.45, 7) is -0.706. The molecule has 2 rings (SSSR count). The van der Waals surface area contributed by atoms with Gasteiger partial charge in [0.2, 0.25) is 0 Å². The fourth-order valence-corrected chi connectivity index (χ4v) is 2.52. The van der Waals surface area contributed by atoms with Gasteiger partial charge in [-0.1, -0.05) is 30.3 Å². The third-order valence-corrected chi connectivity index (χ3v) is 3.97. The summed E-state index contributed by atoms with van der Waals surface area (Å²) < 4.78 is 68.1. The molecule has 0 unspecified atom stereocenters. The van der Waals surface area contributed by atoms with Crippen molar-refractivity contribution < 1.29 is 26.7 Å². The van der Waals surface area contributed by atoms with Gasteiger partial charge in [-0.25, -0.2) is 8.78 Å². The first-order chi connectivity index (χ1) is 13.8. The molecule has 0 heterocycles. The molecular formula is C20H23F5IN3O. The van der Waals surface area contributed by atoms with E-state index in [9.17, 15) is 22.0 Å². The lowest BCUT2D eigenvalue weighted by Crippen LogP contribution is -2.38. The third kappa shape index (κ3) is 9.24. The van der Waals surface area contributed by atoms with Crippen LogP contribution in [-0.4, -0.2) is 32.3 Å². The number of alkyl halides is 3. The molecule has 166 valence electrons. The molecule has 10 heteroatoms. The van der Waals surface area contributed by atoms with E-state index in [-0.39, 0.29) is 49.1 Å². The summed E-state index contributed by atoms with van der Waals surface area (Å²) in [5.41, 5.74) is 1.53. The second-order valence-electron chi connectivity index (χ2n) is 6.23. The van der Waals surface area contributed by atoms with Gasteiger partial charge in [0, 0.05) is 25.7 Å². The van der Waals surface area contributed by atoms with Gasteiger partial charge in [-0.15, -0.1) is 24.0 Å². The number of nitrogens with one attached hydrogen (secondary N) is 2. The molecule has 0 aliphatic heterocycles. The number of hydrogen-bond acceptors (Lipinski definition) is 2. The zero-order valence-electron chi connectivity index (χ0n) is 16.2. The molecule has 0 aliphatic carbocycles. The van der Waals surface area contributed by atoms with Crippen molar-refractivity contribution in [3.63, 3.8) is 0 Å². The van der Waals surface area contributed by atoms with Crippen LogP contribution in [0.2, 0.25) is 0 Å². The largest absolute Gasteiger partial charge is 0.411 e. The van der Waals surface area contributed by atoms with Gasteiger partial charge in [0.05, 0.1) is 6.61 Å². The second kappa shape index (κ2) is 12.7. The number of guanidine groups is 1. The van der Waals surface area contributed by atoms with E-state index in [0.717, 1.165) is 5.56 Å². The van der Waals surface area contributed by atoms with Gasteiger partial charge >= 0.3 is 6.18 Å². The predicted octanol–water partition coefficient (Wildman–Crippen LogP) is 4.57. The van der Waals surface area contributed by atoms with Crippen molar-refractivity contribution in [2.45, 2.75) is 25.7 Å². The van der Waals surface area contributed by atoms with E-state index in [4.69, 9.17) is 0 Å². The van der Waals surface area contributed by atoms with Crippen molar-refractivity contribution in [2.24, 2.45) is 4.99 Å². The van der Waals surface area contributed by atoms with E-state index in [1.165, 1.54) is 18.2 Å². The van der Waals surface area contributed by atoms with E-state index in [1.807, 2.05) is 0 Å². The van der Waals surface area contributed by atoms with E-state index >= 15 is 0 Å². The lowest BCUT2D eigenvalue weighted by Gasteiger charge is -2.13. The number of nitrogens with zero attached hydrogens (tertiary/aromatic N) is 1. The van der Waals surface area contributed by atoms with Crippen LogP contribution in [0.25, 0.3) is 0 Å². The first-order valence-corrected chi connectivity index (χ1v) is 8.88. The van der Waals surface area contributed by atoms with Gasteiger partial charge in [0.15, 0.2) is 5.96 Å². The number of rotatable bonds is 8. The summed E-state index contributed by atoms with van der Waals surface area (Å²) in [6.07, 6.45) is -4.18. The van der Waals surface area contributed by atoms with Crippen LogP contribution in [0.4, 0.5) is 22.0 Å². The fraction of sp³-hybridized carbons (Fsp3) is 0.350. The van der Waals surface area contributed by atoms with Crippen molar-refractivity contribution >= 4 is 29.9 Å². The zero-order chi connectivity index (χ0) is 21.3. The van der Waals surface area contributed by atoms with Crippen molar-refractivity contribution in [3.05, 3.63) is 70.8 Å². The summed E-state index contributed by atoms with van der Waals surface area (Å²) in [6, 6.07) is 10.6. The molecule has 30 heavy (non-hydrogen) atoms. The van der Waals surface area contributed by atoms with Crippen LogP contribution in [-0.2, 0) is 24.3 Å². The summed E-state index contributed by atoms with van der Waals surface area (Å²) in [5, 5.41) is 6.03. The fourth-order valence-electron chi connectivity index (χ4n) is 2.52. The van der Waals surface area contributed by atoms with Crippen LogP contribution in [0, 0.1) is 11.6 Å². The molecule has 2 aromatic carbocycles. The zero-order valence-corrected chi connectivity index (χ0v) is 18.6. The van der Waals surface area contributed by atoms with Crippen LogP contribution in [0.1, 0.15) is 16.7 Å². The normalized spacial score (nSPS) is 11.7. The Morgan fingerprint density at radius 1 is 0.967 bits per heavy atom. The molecule has 0 radical (unpaired) electrons. The van der Waals surface area contributed by atoms with Crippen LogP contribution in [0.5, 0.6) is 0 Å². The first-order valence-electron chi connectivity index (χ1n) is 8.88. The number of hydrogen-bond donors (Lipinski definition) is 2. The molecule has 0 spiro atoms. The molecule has 0 saturated heterocycles. The molecule has 2 aromatic rings. The molecular weight excluding hydrogens is 520 g/mol.